The van der Waals surface area contributed by atoms with Crippen LogP contribution in [0.4, 0.5) is 0 Å². The summed E-state index contributed by atoms with van der Waals surface area (Å²) in [7, 11) is 2.86. The van der Waals surface area contributed by atoms with Gasteiger partial charge in [0.15, 0.2) is 5.03 Å². The molecule has 0 aromatic carbocycles. The highest BCUT2D eigenvalue weighted by Gasteiger charge is 2.30. The molecule has 2 saturated carbocycles. The monoisotopic (exact) mass is 379 g/mol. The van der Waals surface area contributed by atoms with Crippen LogP contribution in [-0.4, -0.2) is 31.7 Å². The molecule has 1 amide bonds. The lowest BCUT2D eigenvalue weighted by Gasteiger charge is -2.35. The zero-order valence-electron chi connectivity index (χ0n) is 15.2. The lowest BCUT2D eigenvalue weighted by Crippen LogP contribution is -2.39. The van der Waals surface area contributed by atoms with E-state index in [1.807, 2.05) is 0 Å². The van der Waals surface area contributed by atoms with E-state index >= 15 is 0 Å². The molecule has 142 valence electrons. The molecule has 2 atom stereocenters. The normalized spacial score (nSPS) is 24.3. The number of thioether (sulfide) groups is 1. The first-order chi connectivity index (χ1) is 12.5. The first kappa shape index (κ1) is 18.9. The summed E-state index contributed by atoms with van der Waals surface area (Å²) in [5, 5.41) is 8.35. The maximum absolute atomic E-state index is 12.0. The van der Waals surface area contributed by atoms with Gasteiger partial charge in [-0.2, -0.15) is 10.2 Å². The van der Waals surface area contributed by atoms with Gasteiger partial charge in [-0.15, -0.1) is 0 Å². The van der Waals surface area contributed by atoms with Crippen LogP contribution in [0.15, 0.2) is 19.7 Å². The van der Waals surface area contributed by atoms with Crippen LogP contribution in [0.1, 0.15) is 44.9 Å². The number of fused-ring (bicyclic) bond motifs is 1. The number of nitrogens with zero attached hydrogens (tertiary/aromatic N) is 4. The summed E-state index contributed by atoms with van der Waals surface area (Å²) >= 11 is 1.01. The Balaban J connectivity index is 1.53. The van der Waals surface area contributed by atoms with E-state index in [0.717, 1.165) is 51.4 Å². The van der Waals surface area contributed by atoms with Crippen molar-refractivity contribution in [2.75, 3.05) is 5.75 Å². The van der Waals surface area contributed by atoms with Gasteiger partial charge in [0.1, 0.15) is 0 Å². The Labute approximate surface area is 156 Å². The Kier molecular flexibility index (Phi) is 5.95. The van der Waals surface area contributed by atoms with Crippen molar-refractivity contribution in [1.29, 1.82) is 0 Å². The number of aromatic nitrogens is 3. The molecule has 0 saturated heterocycles. The van der Waals surface area contributed by atoms with Crippen molar-refractivity contribution in [2.45, 2.75) is 50.0 Å². The second-order valence-corrected chi connectivity index (χ2v) is 8.09. The molecule has 0 bridgehead atoms. The minimum atomic E-state index is -0.493. The van der Waals surface area contributed by atoms with Crippen molar-refractivity contribution in [3.8, 4) is 0 Å². The number of hydrogen-bond acceptors (Lipinski definition) is 6. The molecule has 26 heavy (non-hydrogen) atoms. The van der Waals surface area contributed by atoms with Crippen molar-refractivity contribution in [1.82, 2.24) is 19.8 Å². The molecule has 3 rings (SSSR count). The van der Waals surface area contributed by atoms with E-state index in [-0.39, 0.29) is 16.7 Å². The first-order valence-electron chi connectivity index (χ1n) is 9.07. The molecule has 1 heterocycles. The van der Waals surface area contributed by atoms with Gasteiger partial charge in [0.25, 0.3) is 5.56 Å². The van der Waals surface area contributed by atoms with Gasteiger partial charge in [0.2, 0.25) is 5.91 Å². The lowest BCUT2D eigenvalue weighted by molar-refractivity contribution is -0.118. The van der Waals surface area contributed by atoms with Crippen LogP contribution < -0.4 is 16.7 Å². The molecule has 0 aliphatic heterocycles. The van der Waals surface area contributed by atoms with E-state index in [4.69, 9.17) is 0 Å². The van der Waals surface area contributed by atoms with Crippen LogP contribution in [0.25, 0.3) is 0 Å². The quantitative estimate of drug-likeness (QED) is 0.622. The second kappa shape index (κ2) is 8.20. The van der Waals surface area contributed by atoms with Crippen molar-refractivity contribution in [3.05, 3.63) is 20.8 Å². The Morgan fingerprint density at radius 2 is 1.96 bits per heavy atom. The first-order valence-corrected chi connectivity index (χ1v) is 10.1. The van der Waals surface area contributed by atoms with Crippen molar-refractivity contribution >= 4 is 23.4 Å². The zero-order valence-corrected chi connectivity index (χ0v) is 16.0. The SMILES string of the molecule is Cn1nc(SCC(=O)N/N=C2/CC[C@H]3CCCC[C@@H]3C2)c(=O)n(C)c1=O. The van der Waals surface area contributed by atoms with E-state index in [2.05, 4.69) is 15.6 Å². The third-order valence-corrected chi connectivity index (χ3v) is 6.28. The second-order valence-electron chi connectivity index (χ2n) is 7.12. The average Bonchev–Trinajstić information content (AvgIpc) is 2.66. The van der Waals surface area contributed by atoms with Crippen LogP contribution in [0.3, 0.4) is 0 Å². The standard InChI is InChI=1S/C17H25N5O3S/c1-21-16(24)15(20-22(2)17(21)25)26-10-14(23)19-18-13-8-7-11-5-3-4-6-12(11)9-13/h11-12H,3-10H2,1-2H3,(H,19,23)/b18-13-/t11-,12-/m1/s1. The highest BCUT2D eigenvalue weighted by Crippen LogP contribution is 2.39. The van der Waals surface area contributed by atoms with Gasteiger partial charge in [-0.1, -0.05) is 31.0 Å². The molecule has 2 fully saturated rings. The van der Waals surface area contributed by atoms with E-state index in [0.29, 0.717) is 0 Å². The predicted molar refractivity (Wildman–Crippen MR) is 100 cm³/mol. The van der Waals surface area contributed by atoms with Crippen molar-refractivity contribution in [2.24, 2.45) is 31.0 Å². The molecular formula is C17H25N5O3S. The molecule has 0 radical (unpaired) electrons. The number of nitrogens with one attached hydrogen (secondary N) is 1. The van der Waals surface area contributed by atoms with Gasteiger partial charge in [-0.05, 0) is 37.5 Å². The molecular weight excluding hydrogens is 354 g/mol. The molecule has 1 aromatic rings. The number of carbonyl (C=O) groups excluding carboxylic acids is 1. The topological polar surface area (TPSA) is 98.3 Å². The Hall–Kier alpha value is -1.90. The summed E-state index contributed by atoms with van der Waals surface area (Å²) in [6, 6.07) is 0. The average molecular weight is 379 g/mol. The molecule has 1 aromatic heterocycles. The van der Waals surface area contributed by atoms with Gasteiger partial charge in [0.05, 0.1) is 5.75 Å². The number of hydrazone groups is 1. The fraction of sp³-hybridized carbons (Fsp3) is 0.706. The zero-order chi connectivity index (χ0) is 18.7. The minimum Gasteiger partial charge on any atom is -0.272 e. The summed E-state index contributed by atoms with van der Waals surface area (Å²) in [6.07, 6.45) is 8.38. The fourth-order valence-corrected chi connectivity index (χ4v) is 4.63. The maximum atomic E-state index is 12.0. The summed E-state index contributed by atoms with van der Waals surface area (Å²) in [6.45, 7) is 0. The Bertz CT molecular complexity index is 829. The van der Waals surface area contributed by atoms with Gasteiger partial charge < -0.3 is 0 Å². The van der Waals surface area contributed by atoms with Crippen LogP contribution in [-0.2, 0) is 18.9 Å². The summed E-state index contributed by atoms with van der Waals surface area (Å²) in [4.78, 5) is 35.7. The van der Waals surface area contributed by atoms with E-state index < -0.39 is 11.2 Å². The number of hydrogen-bond donors (Lipinski definition) is 1. The molecule has 2 aliphatic rings. The number of rotatable bonds is 4. The summed E-state index contributed by atoms with van der Waals surface area (Å²) < 4.78 is 2.07. The number of aryl methyl sites for hydroxylation is 1. The van der Waals surface area contributed by atoms with Crippen molar-refractivity contribution < 1.29 is 4.79 Å². The summed E-state index contributed by atoms with van der Waals surface area (Å²) in [5.41, 5.74) is 2.69. The number of amides is 1. The maximum Gasteiger partial charge on any atom is 0.346 e. The largest absolute Gasteiger partial charge is 0.346 e. The molecule has 9 heteroatoms. The smallest absolute Gasteiger partial charge is 0.272 e. The van der Waals surface area contributed by atoms with Crippen LogP contribution in [0.2, 0.25) is 0 Å². The van der Waals surface area contributed by atoms with Gasteiger partial charge in [-0.25, -0.2) is 14.9 Å². The molecule has 0 unspecified atom stereocenters. The highest BCUT2D eigenvalue weighted by molar-refractivity contribution is 7.99. The van der Waals surface area contributed by atoms with E-state index in [9.17, 15) is 14.4 Å². The Morgan fingerprint density at radius 3 is 2.73 bits per heavy atom. The van der Waals surface area contributed by atoms with Crippen LogP contribution in [0.5, 0.6) is 0 Å². The fourth-order valence-electron chi connectivity index (χ4n) is 3.86. The van der Waals surface area contributed by atoms with Gasteiger partial charge in [0, 0.05) is 19.8 Å². The Morgan fingerprint density at radius 1 is 1.23 bits per heavy atom. The summed E-state index contributed by atoms with van der Waals surface area (Å²) in [5.74, 6) is 1.32. The van der Waals surface area contributed by atoms with Gasteiger partial charge in [-0.3, -0.25) is 14.2 Å². The van der Waals surface area contributed by atoms with Crippen molar-refractivity contribution in [3.63, 3.8) is 0 Å². The highest BCUT2D eigenvalue weighted by atomic mass is 32.2. The number of carbonyl (C=O) groups is 1. The van der Waals surface area contributed by atoms with Crippen LogP contribution in [0, 0.1) is 11.8 Å². The molecule has 1 N–H and O–H groups in total. The van der Waals surface area contributed by atoms with Crippen LogP contribution >= 0.6 is 11.8 Å². The predicted octanol–water partition coefficient (Wildman–Crippen LogP) is 1.03. The molecule has 8 nitrogen and oxygen atoms in total. The molecule has 0 spiro atoms. The third-order valence-electron chi connectivity index (χ3n) is 5.34. The third kappa shape index (κ3) is 4.25. The lowest BCUT2D eigenvalue weighted by atomic mass is 9.70. The van der Waals surface area contributed by atoms with E-state index in [1.54, 1.807) is 0 Å². The minimum absolute atomic E-state index is 0.0310. The van der Waals surface area contributed by atoms with Gasteiger partial charge >= 0.3 is 5.69 Å². The van der Waals surface area contributed by atoms with E-state index in [1.165, 1.54) is 46.2 Å². The molecule has 2 aliphatic carbocycles.